The van der Waals surface area contributed by atoms with E-state index in [2.05, 4.69) is 93.3 Å². The lowest BCUT2D eigenvalue weighted by Crippen LogP contribution is -2.71. The minimum absolute atomic E-state index is 0.171. The number of fused-ring (bicyclic) bond motifs is 10. The summed E-state index contributed by atoms with van der Waals surface area (Å²) >= 11 is 0. The van der Waals surface area contributed by atoms with Crippen LogP contribution in [0.5, 0.6) is 0 Å². The molecule has 506 valence electrons. The Labute approximate surface area is 552 Å². The van der Waals surface area contributed by atoms with E-state index in [-0.39, 0.29) is 72.2 Å². The quantitative estimate of drug-likeness (QED) is 0.0887. The Morgan fingerprint density at radius 3 is 1.33 bits per heavy atom. The third kappa shape index (κ3) is 10.6. The number of hydrogen-bond donors (Lipinski definition) is 10. The molecular formula is C70H80N10O16. The Balaban J connectivity index is 0.000000145. The third-order valence-corrected chi connectivity index (χ3v) is 22.1. The molecule has 0 radical (unpaired) electrons. The van der Waals surface area contributed by atoms with Crippen molar-refractivity contribution in [3.05, 3.63) is 143 Å². The van der Waals surface area contributed by atoms with Gasteiger partial charge in [0.2, 0.25) is 35.1 Å². The number of carboxylic acid groups (broad SMARTS) is 2. The van der Waals surface area contributed by atoms with E-state index in [4.69, 9.17) is 29.9 Å². The predicted molar refractivity (Wildman–Crippen MR) is 342 cm³/mol. The summed E-state index contributed by atoms with van der Waals surface area (Å²) < 4.78 is 12.5. The summed E-state index contributed by atoms with van der Waals surface area (Å²) in [6, 6.07) is 28.9. The Morgan fingerprint density at radius 1 is 0.573 bits per heavy atom. The van der Waals surface area contributed by atoms with Crippen LogP contribution in [0.25, 0.3) is 21.8 Å². The number of aromatic nitrogens is 2. The topological polar surface area (TPSA) is 351 Å². The fourth-order valence-corrected chi connectivity index (χ4v) is 17.6. The van der Waals surface area contributed by atoms with Gasteiger partial charge >= 0.3 is 11.9 Å². The molecule has 16 rings (SSSR count). The maximum absolute atomic E-state index is 14.2. The number of aliphatic hydroxyl groups excluding tert-OH is 2. The van der Waals surface area contributed by atoms with Gasteiger partial charge in [-0.05, 0) is 125 Å². The number of carboxylic acids is 2. The molecule has 8 saturated heterocycles. The van der Waals surface area contributed by atoms with Gasteiger partial charge in [-0.3, -0.25) is 48.0 Å². The van der Waals surface area contributed by atoms with Crippen molar-refractivity contribution in [3.63, 3.8) is 0 Å². The molecule has 96 heavy (non-hydrogen) atoms. The van der Waals surface area contributed by atoms with Gasteiger partial charge in [-0.25, -0.2) is 9.59 Å². The average Bonchev–Trinajstić information content (AvgIpc) is 1.54. The molecule has 8 aliphatic heterocycles. The zero-order chi connectivity index (χ0) is 67.7. The molecule has 10 N–H and O–H groups in total. The molecule has 6 amide bonds. The number of piperazine rings is 2. The second kappa shape index (κ2) is 24.2. The number of rotatable bonds is 11. The summed E-state index contributed by atoms with van der Waals surface area (Å²) in [4.78, 5) is 120. The number of ether oxygens (including phenoxy) is 2. The average molecular weight is 1320 g/mol. The van der Waals surface area contributed by atoms with E-state index in [1.807, 2.05) is 60.7 Å². The lowest BCUT2D eigenvalue weighted by molar-refractivity contribution is -0.315. The predicted octanol–water partition coefficient (Wildman–Crippen LogP) is 2.04. The summed E-state index contributed by atoms with van der Waals surface area (Å²) in [6.45, 7) is 5.11. The van der Waals surface area contributed by atoms with Gasteiger partial charge in [0.1, 0.15) is 24.2 Å². The molecule has 26 heteroatoms. The minimum Gasteiger partial charge on any atom is -0.479 e. The second-order valence-electron chi connectivity index (χ2n) is 27.9. The highest BCUT2D eigenvalue weighted by atomic mass is 16.7. The highest BCUT2D eigenvalue weighted by Gasteiger charge is 2.72. The van der Waals surface area contributed by atoms with Crippen LogP contribution in [0.15, 0.2) is 109 Å². The lowest BCUT2D eigenvalue weighted by Gasteiger charge is -2.48. The SMILES string of the molecule is CN1C[C@H](C(=O)N[C@]2(C)O[C@@]3(O)[C@@H]4CCCN4C(=O)[C@H](Cc4ccccc4)N3C2=O)C[C@@H]2c3cccc4[nH]cc(c34)C[C@H]21.CN1C[C@H](C(=O)N[C@]2(C)O[C@@]3(O)[C@@H]4CCCN4C(=O)[C@H](Cc4ccccc4)N3C2=O)C[C@@H]2c3cccc4[nH]cc(c34)C[C@H]21.O=C(O)C(O)C(O)C(=O)O. The largest absolute Gasteiger partial charge is 0.479 e. The first-order valence-corrected chi connectivity index (χ1v) is 33.1. The van der Waals surface area contributed by atoms with Gasteiger partial charge < -0.3 is 70.8 Å². The zero-order valence-electron chi connectivity index (χ0n) is 53.7. The Hall–Kier alpha value is -8.60. The van der Waals surface area contributed by atoms with Crippen LogP contribution in [0.4, 0.5) is 0 Å². The van der Waals surface area contributed by atoms with Gasteiger partial charge in [0.25, 0.3) is 23.6 Å². The number of carbonyl (C=O) groups is 8. The van der Waals surface area contributed by atoms with Crippen LogP contribution in [0.2, 0.25) is 0 Å². The van der Waals surface area contributed by atoms with Gasteiger partial charge in [-0.15, -0.1) is 0 Å². The van der Waals surface area contributed by atoms with Crippen LogP contribution < -0.4 is 10.6 Å². The van der Waals surface area contributed by atoms with Gasteiger partial charge in [-0.1, -0.05) is 84.9 Å². The number of likely N-dealkylation sites (tertiary alicyclic amines) is 2. The molecule has 2 unspecified atom stereocenters. The van der Waals surface area contributed by atoms with E-state index in [0.717, 1.165) is 35.0 Å². The van der Waals surface area contributed by atoms with Gasteiger partial charge in [0.15, 0.2) is 12.2 Å². The van der Waals surface area contributed by atoms with Crippen LogP contribution >= 0.6 is 0 Å². The maximum Gasteiger partial charge on any atom is 0.335 e. The molecule has 2 aliphatic carbocycles. The number of nitrogens with zero attached hydrogens (tertiary/aromatic N) is 6. The van der Waals surface area contributed by atoms with Crippen LogP contribution in [0, 0.1) is 11.8 Å². The Kier molecular flexibility index (Phi) is 16.3. The molecule has 16 atom stereocenters. The number of hydrogen-bond acceptors (Lipinski definition) is 16. The van der Waals surface area contributed by atoms with E-state index in [1.54, 1.807) is 9.80 Å². The Bertz CT molecular complexity index is 3850. The number of amides is 6. The van der Waals surface area contributed by atoms with Crippen molar-refractivity contribution in [3.8, 4) is 0 Å². The second-order valence-corrected chi connectivity index (χ2v) is 27.9. The van der Waals surface area contributed by atoms with Crippen molar-refractivity contribution in [2.75, 3.05) is 40.3 Å². The molecule has 2 aromatic heterocycles. The molecule has 10 heterocycles. The fourth-order valence-electron chi connectivity index (χ4n) is 17.6. The van der Waals surface area contributed by atoms with E-state index in [9.17, 15) is 48.6 Å². The summed E-state index contributed by atoms with van der Waals surface area (Å²) in [6.07, 6.45) is 5.72. The Morgan fingerprint density at radius 2 is 0.958 bits per heavy atom. The molecule has 0 saturated carbocycles. The number of carbonyl (C=O) groups excluding carboxylic acids is 6. The highest BCUT2D eigenvalue weighted by Crippen LogP contribution is 2.50. The highest BCUT2D eigenvalue weighted by molar-refractivity contribution is 5.99. The monoisotopic (exact) mass is 1320 g/mol. The summed E-state index contributed by atoms with van der Waals surface area (Å²) in [7, 11) is 4.12. The first kappa shape index (κ1) is 64.7. The van der Waals surface area contributed by atoms with Crippen molar-refractivity contribution >= 4 is 69.2 Å². The fraction of sp³-hybridized carbons (Fsp3) is 0.486. The van der Waals surface area contributed by atoms with Crippen LogP contribution in [-0.2, 0) is 73.5 Å². The molecule has 8 fully saturated rings. The van der Waals surface area contributed by atoms with Gasteiger partial charge in [0, 0.05) is 97.1 Å². The lowest BCUT2D eigenvalue weighted by atomic mass is 9.72. The van der Waals surface area contributed by atoms with E-state index in [1.165, 1.54) is 56.7 Å². The zero-order valence-corrected chi connectivity index (χ0v) is 53.7. The molecular weight excluding hydrogens is 1240 g/mol. The number of aliphatic carboxylic acids is 2. The smallest absolute Gasteiger partial charge is 0.335 e. The number of aromatic amines is 2. The maximum atomic E-state index is 14.2. The van der Waals surface area contributed by atoms with Crippen molar-refractivity contribution < 1.29 is 78.5 Å². The summed E-state index contributed by atoms with van der Waals surface area (Å²) in [5, 5.41) is 65.0. The first-order valence-electron chi connectivity index (χ1n) is 33.1. The van der Waals surface area contributed by atoms with E-state index >= 15 is 0 Å². The van der Waals surface area contributed by atoms with Gasteiger partial charge in [-0.2, -0.15) is 0 Å². The standard InChI is InChI=1S/2C33H37N5O5.C4H6O6/c2*1-32(35-29(39)21-15-23-22-10-6-11-24-28(22)20(17-34-24)16-25(23)36(2)18-21)31(41)38-26(14-19-8-4-3-5-9-19)30(40)37-13-7-12-27(37)33(38,42)43-32;5-1(3(7)8)2(6)4(9)10/h2*3-6,8-11,17,21,23,25-27,34,42H,7,12-16,18H2,1-2H3,(H,35,39);1-2,5-6H,(H,7,8)(H,9,10)/t2*21-,23-,25-,26+,27+,32-,33+;/m11./s1. The molecule has 0 bridgehead atoms. The van der Waals surface area contributed by atoms with Gasteiger partial charge in [0.05, 0.1) is 11.8 Å². The number of aliphatic hydroxyl groups is 4. The van der Waals surface area contributed by atoms with E-state index in [0.29, 0.717) is 64.7 Å². The number of nitrogens with one attached hydrogen (secondary N) is 4. The number of benzene rings is 4. The molecule has 26 nitrogen and oxygen atoms in total. The molecule has 10 aliphatic rings. The molecule has 6 aromatic rings. The number of H-pyrrole nitrogens is 2. The van der Waals surface area contributed by atoms with E-state index < -0.39 is 83.4 Å². The van der Waals surface area contributed by atoms with Crippen LogP contribution in [0.3, 0.4) is 0 Å². The normalized spacial score (nSPS) is 33.2. The summed E-state index contributed by atoms with van der Waals surface area (Å²) in [5.41, 5.74) is 5.48. The minimum atomic E-state index is -2.27. The number of likely N-dealkylation sites (N-methyl/N-ethyl adjacent to an activating group) is 2. The van der Waals surface area contributed by atoms with Crippen molar-refractivity contribution in [2.45, 2.75) is 162 Å². The molecule has 0 spiro atoms. The first-order chi connectivity index (χ1) is 45.8. The van der Waals surface area contributed by atoms with Crippen molar-refractivity contribution in [1.82, 2.24) is 50.0 Å². The van der Waals surface area contributed by atoms with Crippen molar-refractivity contribution in [1.29, 1.82) is 0 Å². The van der Waals surface area contributed by atoms with Crippen LogP contribution in [0.1, 0.15) is 97.6 Å². The third-order valence-electron chi connectivity index (χ3n) is 22.1. The summed E-state index contributed by atoms with van der Waals surface area (Å²) in [5.74, 6) is -10.2. The molecule has 4 aromatic carbocycles. The number of piperidine rings is 2. The van der Waals surface area contributed by atoms with Crippen molar-refractivity contribution in [2.24, 2.45) is 11.8 Å². The van der Waals surface area contributed by atoms with Crippen LogP contribution in [-0.4, -0.2) is 229 Å².